The minimum atomic E-state index is -0.0793. The number of nitrogens with one attached hydrogen (secondary N) is 1. The summed E-state index contributed by atoms with van der Waals surface area (Å²) in [5.74, 6) is 0.319. The number of H-pyrrole nitrogens is 1. The van der Waals surface area contributed by atoms with E-state index >= 15 is 0 Å². The van der Waals surface area contributed by atoms with Crippen LogP contribution in [0.3, 0.4) is 0 Å². The molecule has 0 bridgehead atoms. The van der Waals surface area contributed by atoms with Gasteiger partial charge in [0.05, 0.1) is 12.6 Å². The van der Waals surface area contributed by atoms with Crippen molar-refractivity contribution in [3.63, 3.8) is 0 Å². The molecule has 21 heavy (non-hydrogen) atoms. The Balaban J connectivity index is 1.92. The summed E-state index contributed by atoms with van der Waals surface area (Å²) in [6.45, 7) is 2.84. The largest absolute Gasteiger partial charge is 0.394 e. The van der Waals surface area contributed by atoms with Gasteiger partial charge in [-0.1, -0.05) is 28.9 Å². The zero-order chi connectivity index (χ0) is 15.0. The van der Waals surface area contributed by atoms with E-state index in [0.29, 0.717) is 18.2 Å². The minimum Gasteiger partial charge on any atom is -0.394 e. The SMILES string of the molecule is C[C@H]1CCCN(C(=O)c2cc3ccc(Br)cc3[nH]2)[C@H]1CO. The predicted octanol–water partition coefficient (Wildman–Crippen LogP) is 3.16. The number of likely N-dealkylation sites (tertiary alicyclic amines) is 1. The lowest BCUT2D eigenvalue weighted by Gasteiger charge is -2.38. The van der Waals surface area contributed by atoms with Gasteiger partial charge in [0.15, 0.2) is 0 Å². The first-order valence-electron chi connectivity index (χ1n) is 7.30. The third-order valence-electron chi connectivity index (χ3n) is 4.38. The molecule has 0 aliphatic carbocycles. The molecule has 1 aromatic heterocycles. The van der Waals surface area contributed by atoms with E-state index in [1.807, 2.05) is 29.2 Å². The van der Waals surface area contributed by atoms with Gasteiger partial charge in [-0.3, -0.25) is 4.79 Å². The Morgan fingerprint density at radius 1 is 1.48 bits per heavy atom. The van der Waals surface area contributed by atoms with E-state index in [1.54, 1.807) is 0 Å². The van der Waals surface area contributed by atoms with Gasteiger partial charge in [-0.15, -0.1) is 0 Å². The molecular weight excluding hydrogens is 332 g/mol. The molecule has 1 aliphatic heterocycles. The van der Waals surface area contributed by atoms with Crippen LogP contribution in [0.1, 0.15) is 30.3 Å². The number of carbonyl (C=O) groups excluding carboxylic acids is 1. The van der Waals surface area contributed by atoms with Gasteiger partial charge in [-0.25, -0.2) is 0 Å². The summed E-state index contributed by atoms with van der Waals surface area (Å²) >= 11 is 3.44. The topological polar surface area (TPSA) is 56.3 Å². The van der Waals surface area contributed by atoms with Gasteiger partial charge in [0.25, 0.3) is 5.91 Å². The average molecular weight is 351 g/mol. The van der Waals surface area contributed by atoms with Crippen molar-refractivity contribution in [3.05, 3.63) is 34.4 Å². The number of aromatic amines is 1. The van der Waals surface area contributed by atoms with E-state index in [1.165, 1.54) is 0 Å². The second kappa shape index (κ2) is 5.81. The number of piperidine rings is 1. The molecule has 0 saturated carbocycles. The highest BCUT2D eigenvalue weighted by atomic mass is 79.9. The zero-order valence-electron chi connectivity index (χ0n) is 12.0. The lowest BCUT2D eigenvalue weighted by atomic mass is 9.91. The zero-order valence-corrected chi connectivity index (χ0v) is 13.6. The molecule has 2 heterocycles. The molecule has 1 aromatic carbocycles. The van der Waals surface area contributed by atoms with E-state index in [2.05, 4.69) is 27.8 Å². The van der Waals surface area contributed by atoms with Crippen molar-refractivity contribution in [1.82, 2.24) is 9.88 Å². The molecule has 1 aliphatic rings. The fourth-order valence-electron chi connectivity index (χ4n) is 3.15. The molecule has 2 atom stereocenters. The van der Waals surface area contributed by atoms with E-state index in [-0.39, 0.29) is 18.6 Å². The molecule has 5 heteroatoms. The number of hydrogen-bond donors (Lipinski definition) is 2. The molecule has 1 saturated heterocycles. The van der Waals surface area contributed by atoms with Crippen molar-refractivity contribution in [2.24, 2.45) is 5.92 Å². The average Bonchev–Trinajstić information content (AvgIpc) is 2.89. The summed E-state index contributed by atoms with van der Waals surface area (Å²) in [5.41, 5.74) is 1.54. The van der Waals surface area contributed by atoms with Crippen LogP contribution in [0.25, 0.3) is 10.9 Å². The maximum Gasteiger partial charge on any atom is 0.270 e. The molecule has 112 valence electrons. The van der Waals surface area contributed by atoms with E-state index in [0.717, 1.165) is 28.2 Å². The standard InChI is InChI=1S/C16H19BrN2O2/c1-10-3-2-6-19(15(10)9-20)16(21)14-7-11-4-5-12(17)8-13(11)18-14/h4-5,7-8,10,15,18,20H,2-3,6,9H2,1H3/t10-,15-/m0/s1. The highest BCUT2D eigenvalue weighted by Crippen LogP contribution is 2.26. The summed E-state index contributed by atoms with van der Waals surface area (Å²) in [5, 5.41) is 10.6. The number of halogens is 1. The molecule has 0 radical (unpaired) electrons. The first kappa shape index (κ1) is 14.6. The molecule has 2 N–H and O–H groups in total. The fraction of sp³-hybridized carbons (Fsp3) is 0.438. The van der Waals surface area contributed by atoms with Crippen LogP contribution < -0.4 is 0 Å². The van der Waals surface area contributed by atoms with E-state index in [9.17, 15) is 9.90 Å². The first-order chi connectivity index (χ1) is 10.1. The number of aromatic nitrogens is 1. The van der Waals surface area contributed by atoms with Crippen molar-refractivity contribution in [2.45, 2.75) is 25.8 Å². The third kappa shape index (κ3) is 2.72. The Bertz CT molecular complexity index is 667. The molecule has 4 nitrogen and oxygen atoms in total. The summed E-state index contributed by atoms with van der Waals surface area (Å²) < 4.78 is 0.982. The van der Waals surface area contributed by atoms with Crippen molar-refractivity contribution in [1.29, 1.82) is 0 Å². The Hall–Kier alpha value is -1.33. The van der Waals surface area contributed by atoms with Gasteiger partial charge in [0.1, 0.15) is 5.69 Å². The van der Waals surface area contributed by atoms with Gasteiger partial charge in [0, 0.05) is 21.9 Å². The number of aliphatic hydroxyl groups excluding tert-OH is 1. The maximum absolute atomic E-state index is 12.7. The van der Waals surface area contributed by atoms with Gasteiger partial charge in [-0.2, -0.15) is 0 Å². The van der Waals surface area contributed by atoms with Crippen molar-refractivity contribution in [3.8, 4) is 0 Å². The first-order valence-corrected chi connectivity index (χ1v) is 8.09. The summed E-state index contributed by atoms with van der Waals surface area (Å²) in [7, 11) is 0. The number of nitrogens with zero attached hydrogens (tertiary/aromatic N) is 1. The van der Waals surface area contributed by atoms with Crippen LogP contribution in [0.4, 0.5) is 0 Å². The van der Waals surface area contributed by atoms with Gasteiger partial charge in [-0.05, 0) is 37.0 Å². The Morgan fingerprint density at radius 3 is 3.05 bits per heavy atom. The van der Waals surface area contributed by atoms with Crippen LogP contribution in [-0.4, -0.2) is 40.1 Å². The Labute approximate surface area is 132 Å². The number of carbonyl (C=O) groups is 1. The molecule has 0 unspecified atom stereocenters. The lowest BCUT2D eigenvalue weighted by molar-refractivity contribution is 0.0354. The summed E-state index contributed by atoms with van der Waals surface area (Å²) in [6.07, 6.45) is 2.06. The lowest BCUT2D eigenvalue weighted by Crippen LogP contribution is -2.49. The molecule has 3 rings (SSSR count). The van der Waals surface area contributed by atoms with Crippen LogP contribution in [0, 0.1) is 5.92 Å². The van der Waals surface area contributed by atoms with Crippen LogP contribution in [0.15, 0.2) is 28.7 Å². The van der Waals surface area contributed by atoms with Gasteiger partial charge >= 0.3 is 0 Å². The van der Waals surface area contributed by atoms with E-state index in [4.69, 9.17) is 0 Å². The third-order valence-corrected chi connectivity index (χ3v) is 4.87. The highest BCUT2D eigenvalue weighted by molar-refractivity contribution is 9.10. The predicted molar refractivity (Wildman–Crippen MR) is 86.3 cm³/mol. The number of rotatable bonds is 2. The molecule has 2 aromatic rings. The van der Waals surface area contributed by atoms with Gasteiger partial charge in [0.2, 0.25) is 0 Å². The van der Waals surface area contributed by atoms with Gasteiger partial charge < -0.3 is 15.0 Å². The highest BCUT2D eigenvalue weighted by Gasteiger charge is 2.32. The number of aliphatic hydroxyl groups is 1. The molecule has 1 fully saturated rings. The second-order valence-corrected chi connectivity index (χ2v) is 6.70. The van der Waals surface area contributed by atoms with Crippen molar-refractivity contribution >= 4 is 32.7 Å². The normalized spacial score (nSPS) is 22.7. The minimum absolute atomic E-state index is 0.0204. The molecule has 0 spiro atoms. The van der Waals surface area contributed by atoms with Crippen molar-refractivity contribution in [2.75, 3.05) is 13.2 Å². The van der Waals surface area contributed by atoms with Crippen LogP contribution in [0.5, 0.6) is 0 Å². The number of amides is 1. The number of hydrogen-bond acceptors (Lipinski definition) is 2. The monoisotopic (exact) mass is 350 g/mol. The van der Waals surface area contributed by atoms with Crippen LogP contribution in [0.2, 0.25) is 0 Å². The van der Waals surface area contributed by atoms with Crippen molar-refractivity contribution < 1.29 is 9.90 Å². The maximum atomic E-state index is 12.7. The summed E-state index contributed by atoms with van der Waals surface area (Å²) in [4.78, 5) is 17.7. The quantitative estimate of drug-likeness (QED) is 0.873. The molecule has 1 amide bonds. The fourth-order valence-corrected chi connectivity index (χ4v) is 3.51. The Kier molecular flexibility index (Phi) is 4.04. The summed E-state index contributed by atoms with van der Waals surface area (Å²) in [6, 6.07) is 7.72. The molecular formula is C16H19BrN2O2. The van der Waals surface area contributed by atoms with E-state index < -0.39 is 0 Å². The van der Waals surface area contributed by atoms with Crippen LogP contribution in [-0.2, 0) is 0 Å². The number of fused-ring (bicyclic) bond motifs is 1. The second-order valence-electron chi connectivity index (χ2n) is 5.78. The Morgan fingerprint density at radius 2 is 2.29 bits per heavy atom. The smallest absolute Gasteiger partial charge is 0.270 e. The number of benzene rings is 1. The van der Waals surface area contributed by atoms with Crippen LogP contribution >= 0.6 is 15.9 Å².